The molecule has 1 aliphatic rings. The second-order valence-electron chi connectivity index (χ2n) is 5.24. The summed E-state index contributed by atoms with van der Waals surface area (Å²) in [6, 6.07) is 9.36. The minimum Gasteiger partial charge on any atom is -0.477 e. The van der Waals surface area contributed by atoms with E-state index in [0.717, 1.165) is 11.1 Å². The van der Waals surface area contributed by atoms with Crippen molar-refractivity contribution in [2.75, 3.05) is 5.73 Å². The third kappa shape index (κ3) is 2.09. The minimum atomic E-state index is -1.35. The number of nitrogen functional groups attached to an aromatic ring is 1. The first-order valence-electron chi connectivity index (χ1n) is 6.92. The van der Waals surface area contributed by atoms with E-state index in [0.29, 0.717) is 12.2 Å². The number of fused-ring (bicyclic) bond motifs is 1. The molecule has 2 aromatic rings. The van der Waals surface area contributed by atoms with Crippen molar-refractivity contribution in [3.05, 3.63) is 63.7 Å². The molecule has 3 rings (SSSR count). The van der Waals surface area contributed by atoms with Crippen molar-refractivity contribution >= 4 is 17.4 Å². The van der Waals surface area contributed by atoms with Gasteiger partial charge in [0, 0.05) is 11.6 Å². The number of nitrogens with two attached hydrogens (primary N) is 1. The van der Waals surface area contributed by atoms with Crippen LogP contribution in [0.15, 0.2) is 41.2 Å². The van der Waals surface area contributed by atoms with Crippen LogP contribution in [0.5, 0.6) is 0 Å². The molecule has 0 amide bonds. The number of rotatable bonds is 2. The smallest absolute Gasteiger partial charge is 0.345 e. The molecule has 1 aromatic heterocycles. The Kier molecular flexibility index (Phi) is 3.29. The number of nitrogens with zero attached hydrogens (tertiary/aromatic N) is 2. The molecule has 2 heterocycles. The Labute approximate surface area is 126 Å². The molecule has 112 valence electrons. The van der Waals surface area contributed by atoms with Gasteiger partial charge in [-0.1, -0.05) is 36.4 Å². The van der Waals surface area contributed by atoms with E-state index in [1.165, 1.54) is 4.57 Å². The van der Waals surface area contributed by atoms with E-state index in [-0.39, 0.29) is 11.9 Å². The summed E-state index contributed by atoms with van der Waals surface area (Å²) in [5.41, 5.74) is 6.33. The van der Waals surface area contributed by atoms with Crippen molar-refractivity contribution in [3.63, 3.8) is 0 Å². The second-order valence-corrected chi connectivity index (χ2v) is 5.24. The van der Waals surface area contributed by atoms with Crippen LogP contribution in [-0.2, 0) is 0 Å². The zero-order valence-electron chi connectivity index (χ0n) is 12.0. The number of carbonyl (C=O) groups is 1. The van der Waals surface area contributed by atoms with Gasteiger partial charge in [-0.2, -0.15) is 0 Å². The topological polar surface area (TPSA) is 98.2 Å². The average Bonchev–Trinajstić information content (AvgIpc) is 2.47. The highest BCUT2D eigenvalue weighted by Crippen LogP contribution is 2.30. The quantitative estimate of drug-likeness (QED) is 0.882. The van der Waals surface area contributed by atoms with Gasteiger partial charge in [0.1, 0.15) is 11.6 Å². The Balaban J connectivity index is 2.29. The first-order chi connectivity index (χ1) is 10.5. The number of carboxylic acid groups (broad SMARTS) is 1. The first-order valence-corrected chi connectivity index (χ1v) is 6.92. The lowest BCUT2D eigenvalue weighted by Crippen LogP contribution is -2.35. The Morgan fingerprint density at radius 1 is 1.36 bits per heavy atom. The van der Waals surface area contributed by atoms with E-state index in [1.807, 2.05) is 43.3 Å². The van der Waals surface area contributed by atoms with Crippen LogP contribution < -0.4 is 11.3 Å². The highest BCUT2D eigenvalue weighted by atomic mass is 16.4. The van der Waals surface area contributed by atoms with Gasteiger partial charge in [0.25, 0.3) is 5.56 Å². The van der Waals surface area contributed by atoms with Gasteiger partial charge in [-0.3, -0.25) is 9.36 Å². The highest BCUT2D eigenvalue weighted by Gasteiger charge is 2.27. The molecule has 0 radical (unpaired) electrons. The van der Waals surface area contributed by atoms with Gasteiger partial charge in [0.15, 0.2) is 5.56 Å². The van der Waals surface area contributed by atoms with Crippen LogP contribution in [0.1, 0.15) is 41.1 Å². The van der Waals surface area contributed by atoms with Crippen LogP contribution in [0.25, 0.3) is 5.57 Å². The maximum atomic E-state index is 12.5. The largest absolute Gasteiger partial charge is 0.477 e. The Hall–Kier alpha value is -2.89. The molecule has 0 aliphatic carbocycles. The first kappa shape index (κ1) is 14.1. The van der Waals surface area contributed by atoms with Crippen molar-refractivity contribution in [3.8, 4) is 0 Å². The molecule has 22 heavy (non-hydrogen) atoms. The van der Waals surface area contributed by atoms with Crippen molar-refractivity contribution in [1.82, 2.24) is 9.55 Å². The number of aromatic nitrogens is 2. The SMILES string of the molecule is CC1CC=C(c2ccccc2)c2nc(N)c(C(=O)O)c(=O)n21. The second kappa shape index (κ2) is 5.14. The fourth-order valence-corrected chi connectivity index (χ4v) is 2.70. The number of hydrogen-bond donors (Lipinski definition) is 2. The third-order valence-electron chi connectivity index (χ3n) is 3.79. The van der Waals surface area contributed by atoms with Crippen molar-refractivity contribution in [1.29, 1.82) is 0 Å². The number of hydrogen-bond acceptors (Lipinski definition) is 4. The van der Waals surface area contributed by atoms with Gasteiger partial charge in [0.2, 0.25) is 0 Å². The van der Waals surface area contributed by atoms with Crippen LogP contribution in [0, 0.1) is 0 Å². The van der Waals surface area contributed by atoms with E-state index >= 15 is 0 Å². The molecule has 1 atom stereocenters. The van der Waals surface area contributed by atoms with E-state index in [4.69, 9.17) is 10.8 Å². The van der Waals surface area contributed by atoms with Gasteiger partial charge < -0.3 is 10.8 Å². The van der Waals surface area contributed by atoms with Crippen molar-refractivity contribution in [2.45, 2.75) is 19.4 Å². The van der Waals surface area contributed by atoms with Crippen LogP contribution in [0.3, 0.4) is 0 Å². The summed E-state index contributed by atoms with van der Waals surface area (Å²) < 4.78 is 1.42. The molecule has 0 fully saturated rings. The summed E-state index contributed by atoms with van der Waals surface area (Å²) in [7, 11) is 0. The molecule has 0 bridgehead atoms. The van der Waals surface area contributed by atoms with Gasteiger partial charge in [0.05, 0.1) is 0 Å². The average molecular weight is 297 g/mol. The Bertz CT molecular complexity index is 838. The monoisotopic (exact) mass is 297 g/mol. The molecule has 3 N–H and O–H groups in total. The molecule has 1 unspecified atom stereocenters. The molecule has 6 nitrogen and oxygen atoms in total. The maximum absolute atomic E-state index is 12.5. The fourth-order valence-electron chi connectivity index (χ4n) is 2.70. The summed E-state index contributed by atoms with van der Waals surface area (Å²) in [5.74, 6) is -1.19. The molecular formula is C16H15N3O3. The predicted octanol–water partition coefficient (Wildman–Crippen LogP) is 1.92. The predicted molar refractivity (Wildman–Crippen MR) is 82.7 cm³/mol. The molecule has 0 spiro atoms. The zero-order valence-corrected chi connectivity index (χ0v) is 12.0. The number of anilines is 1. The number of benzene rings is 1. The van der Waals surface area contributed by atoms with Gasteiger partial charge in [-0.05, 0) is 18.9 Å². The lowest BCUT2D eigenvalue weighted by Gasteiger charge is -2.25. The van der Waals surface area contributed by atoms with Gasteiger partial charge >= 0.3 is 5.97 Å². The molecule has 0 saturated carbocycles. The minimum absolute atomic E-state index is 0.166. The normalized spacial score (nSPS) is 16.8. The molecule has 1 aliphatic heterocycles. The van der Waals surface area contributed by atoms with Crippen LogP contribution in [0.2, 0.25) is 0 Å². The Morgan fingerprint density at radius 3 is 2.68 bits per heavy atom. The zero-order chi connectivity index (χ0) is 15.9. The summed E-state index contributed by atoms with van der Waals surface area (Å²) in [6.45, 7) is 1.85. The standard InChI is InChI=1S/C16H15N3O3/c1-9-7-8-11(10-5-3-2-4-6-10)14-18-13(17)12(16(21)22)15(20)19(9)14/h2-6,8-9H,7,17H2,1H3,(H,21,22). The van der Waals surface area contributed by atoms with Crippen molar-refractivity contribution in [2.24, 2.45) is 0 Å². The van der Waals surface area contributed by atoms with Gasteiger partial charge in [-0.15, -0.1) is 0 Å². The van der Waals surface area contributed by atoms with Crippen LogP contribution >= 0.6 is 0 Å². The molecule has 1 aromatic carbocycles. The maximum Gasteiger partial charge on any atom is 0.345 e. The molecule has 6 heteroatoms. The summed E-state index contributed by atoms with van der Waals surface area (Å²) in [5, 5.41) is 9.17. The van der Waals surface area contributed by atoms with E-state index < -0.39 is 17.1 Å². The van der Waals surface area contributed by atoms with Crippen LogP contribution in [0.4, 0.5) is 5.82 Å². The number of carboxylic acids is 1. The summed E-state index contributed by atoms with van der Waals surface area (Å²) in [4.78, 5) is 27.9. The fraction of sp³-hybridized carbons (Fsp3) is 0.188. The highest BCUT2D eigenvalue weighted by molar-refractivity contribution is 5.92. The lowest BCUT2D eigenvalue weighted by molar-refractivity contribution is 0.0694. The van der Waals surface area contributed by atoms with E-state index in [1.54, 1.807) is 0 Å². The Morgan fingerprint density at radius 2 is 2.05 bits per heavy atom. The molecule has 0 saturated heterocycles. The van der Waals surface area contributed by atoms with E-state index in [2.05, 4.69) is 4.98 Å². The number of allylic oxidation sites excluding steroid dienone is 1. The summed E-state index contributed by atoms with van der Waals surface area (Å²) in [6.07, 6.45) is 2.63. The lowest BCUT2D eigenvalue weighted by atomic mass is 9.98. The third-order valence-corrected chi connectivity index (χ3v) is 3.79. The molecular weight excluding hydrogens is 282 g/mol. The van der Waals surface area contributed by atoms with Crippen LogP contribution in [-0.4, -0.2) is 20.6 Å². The summed E-state index contributed by atoms with van der Waals surface area (Å²) >= 11 is 0. The van der Waals surface area contributed by atoms with Gasteiger partial charge in [-0.25, -0.2) is 9.78 Å². The van der Waals surface area contributed by atoms with E-state index in [9.17, 15) is 9.59 Å². The van der Waals surface area contributed by atoms with Crippen molar-refractivity contribution < 1.29 is 9.90 Å². The number of aromatic carboxylic acids is 1.